The maximum Gasteiger partial charge on any atom is 0.268 e. The zero-order valence-electron chi connectivity index (χ0n) is 20.4. The van der Waals surface area contributed by atoms with Gasteiger partial charge in [-0.2, -0.15) is 0 Å². The highest BCUT2D eigenvalue weighted by Crippen LogP contribution is 2.33. The summed E-state index contributed by atoms with van der Waals surface area (Å²) in [7, 11) is 3.20. The minimum Gasteiger partial charge on any atom is -0.479 e. The van der Waals surface area contributed by atoms with Crippen LogP contribution in [0, 0.1) is 11.7 Å². The first kappa shape index (κ1) is 24.0. The first-order valence-corrected chi connectivity index (χ1v) is 12.2. The van der Waals surface area contributed by atoms with E-state index >= 15 is 0 Å². The third kappa shape index (κ3) is 4.72. The third-order valence-electron chi connectivity index (χ3n) is 7.02. The topological polar surface area (TPSA) is 92.3 Å². The molecule has 1 saturated carbocycles. The number of hydrogen-bond acceptors (Lipinski definition) is 6. The zero-order chi connectivity index (χ0) is 25.4. The molecular formula is C26H29FN4O5. The Morgan fingerprint density at radius 2 is 2.00 bits per heavy atom. The molecule has 9 nitrogen and oxygen atoms in total. The Hall–Kier alpha value is -3.69. The van der Waals surface area contributed by atoms with Crippen LogP contribution >= 0.6 is 0 Å². The van der Waals surface area contributed by atoms with Gasteiger partial charge in [-0.25, -0.2) is 9.37 Å². The molecule has 1 aromatic heterocycles. The average Bonchev–Trinajstić information content (AvgIpc) is 3.34. The number of benzene rings is 1. The van der Waals surface area contributed by atoms with E-state index in [1.807, 2.05) is 0 Å². The van der Waals surface area contributed by atoms with Crippen LogP contribution < -0.4 is 14.4 Å². The minimum atomic E-state index is -0.741. The predicted molar refractivity (Wildman–Crippen MR) is 128 cm³/mol. The lowest BCUT2D eigenvalue weighted by Gasteiger charge is -2.24. The Labute approximate surface area is 208 Å². The molecule has 0 spiro atoms. The second-order valence-corrected chi connectivity index (χ2v) is 9.73. The van der Waals surface area contributed by atoms with Crippen LogP contribution in [0.1, 0.15) is 41.6 Å². The highest BCUT2D eigenvalue weighted by molar-refractivity contribution is 6.03. The van der Waals surface area contributed by atoms with Crippen LogP contribution in [0.5, 0.6) is 11.6 Å². The van der Waals surface area contributed by atoms with Gasteiger partial charge in [0.1, 0.15) is 18.1 Å². The van der Waals surface area contributed by atoms with Gasteiger partial charge in [0.15, 0.2) is 6.10 Å². The monoisotopic (exact) mass is 496 g/mol. The van der Waals surface area contributed by atoms with Crippen molar-refractivity contribution >= 4 is 23.4 Å². The molecule has 1 aromatic carbocycles. The normalized spacial score (nSPS) is 19.4. The molecule has 2 aromatic rings. The number of fused-ring (bicyclic) bond motifs is 1. The summed E-state index contributed by atoms with van der Waals surface area (Å²) in [5.74, 6) is 0.00742. The number of aromatic nitrogens is 1. The molecule has 3 amide bonds. The number of amides is 3. The Balaban J connectivity index is 1.23. The van der Waals surface area contributed by atoms with Crippen molar-refractivity contribution < 1.29 is 28.2 Å². The van der Waals surface area contributed by atoms with Crippen LogP contribution in [0.25, 0.3) is 0 Å². The van der Waals surface area contributed by atoms with Gasteiger partial charge in [0, 0.05) is 49.9 Å². The number of pyridine rings is 1. The van der Waals surface area contributed by atoms with Crippen molar-refractivity contribution in [1.82, 2.24) is 14.8 Å². The van der Waals surface area contributed by atoms with E-state index in [2.05, 4.69) is 4.98 Å². The molecular weight excluding hydrogens is 467 g/mol. The van der Waals surface area contributed by atoms with E-state index in [1.54, 1.807) is 26.2 Å². The van der Waals surface area contributed by atoms with Gasteiger partial charge in [-0.15, -0.1) is 0 Å². The highest BCUT2D eigenvalue weighted by Gasteiger charge is 2.37. The molecule has 2 aliphatic heterocycles. The number of rotatable bonds is 8. The zero-order valence-corrected chi connectivity index (χ0v) is 20.4. The summed E-state index contributed by atoms with van der Waals surface area (Å²) in [5, 5.41) is 0. The van der Waals surface area contributed by atoms with Crippen LogP contribution in [0.3, 0.4) is 0 Å². The van der Waals surface area contributed by atoms with Crippen LogP contribution in [-0.2, 0) is 16.1 Å². The molecule has 1 saturated heterocycles. The summed E-state index contributed by atoms with van der Waals surface area (Å²) < 4.78 is 26.5. The molecule has 36 heavy (non-hydrogen) atoms. The summed E-state index contributed by atoms with van der Waals surface area (Å²) >= 11 is 0. The van der Waals surface area contributed by atoms with E-state index in [-0.39, 0.29) is 36.0 Å². The summed E-state index contributed by atoms with van der Waals surface area (Å²) in [6, 6.07) is 6.23. The predicted octanol–water partition coefficient (Wildman–Crippen LogP) is 2.63. The fourth-order valence-electron chi connectivity index (χ4n) is 4.56. The van der Waals surface area contributed by atoms with Gasteiger partial charge in [-0.05, 0) is 37.0 Å². The van der Waals surface area contributed by atoms with Crippen LogP contribution in [-0.4, -0.2) is 72.4 Å². The first-order chi connectivity index (χ1) is 17.3. The van der Waals surface area contributed by atoms with Gasteiger partial charge in [0.2, 0.25) is 11.8 Å². The van der Waals surface area contributed by atoms with Crippen LogP contribution in [0.15, 0.2) is 30.5 Å². The molecule has 190 valence electrons. The molecule has 1 aliphatic carbocycles. The van der Waals surface area contributed by atoms with Gasteiger partial charge in [-0.3, -0.25) is 14.4 Å². The first-order valence-electron chi connectivity index (χ1n) is 12.2. The number of ether oxygens (including phenoxy) is 2. The Morgan fingerprint density at radius 1 is 1.19 bits per heavy atom. The lowest BCUT2D eigenvalue weighted by Crippen LogP contribution is -2.36. The maximum atomic E-state index is 14.9. The number of anilines is 1. The van der Waals surface area contributed by atoms with Crippen molar-refractivity contribution in [3.8, 4) is 11.6 Å². The average molecular weight is 497 g/mol. The largest absolute Gasteiger partial charge is 0.479 e. The molecule has 0 bridgehead atoms. The standard InChI is InChI=1S/C26H29FN4O5/c1-29(2)24(32)14-30-13-20-19(25(30)33)10-17(11-21(20)27)31-9-8-22(26(31)34)36-18-6-7-23(28-12-18)35-15-16-4-3-5-16/h6-7,10-12,16,22H,3-5,8-9,13-15H2,1-2H3/t22-/m1/s1. The van der Waals surface area contributed by atoms with E-state index in [1.165, 1.54) is 52.3 Å². The lowest BCUT2D eigenvalue weighted by molar-refractivity contribution is -0.129. The van der Waals surface area contributed by atoms with Crippen molar-refractivity contribution in [1.29, 1.82) is 0 Å². The Morgan fingerprint density at radius 3 is 2.67 bits per heavy atom. The van der Waals surface area contributed by atoms with Crippen molar-refractivity contribution in [2.24, 2.45) is 5.92 Å². The fourth-order valence-corrected chi connectivity index (χ4v) is 4.56. The van der Waals surface area contributed by atoms with Gasteiger partial charge in [-0.1, -0.05) is 6.42 Å². The number of halogens is 1. The molecule has 3 heterocycles. The molecule has 2 fully saturated rings. The van der Waals surface area contributed by atoms with Crippen molar-refractivity contribution in [2.45, 2.75) is 38.3 Å². The van der Waals surface area contributed by atoms with E-state index in [0.717, 1.165) is 0 Å². The second kappa shape index (κ2) is 9.75. The molecule has 0 radical (unpaired) electrons. The molecule has 0 unspecified atom stereocenters. The summed E-state index contributed by atoms with van der Waals surface area (Å²) in [6.07, 6.45) is 4.84. The van der Waals surface area contributed by atoms with Gasteiger partial charge < -0.3 is 24.2 Å². The number of hydrogen-bond donors (Lipinski definition) is 0. The third-order valence-corrected chi connectivity index (χ3v) is 7.02. The minimum absolute atomic E-state index is 0.0207. The van der Waals surface area contributed by atoms with E-state index in [0.29, 0.717) is 42.8 Å². The van der Waals surface area contributed by atoms with E-state index in [9.17, 15) is 18.8 Å². The van der Waals surface area contributed by atoms with Crippen molar-refractivity contribution in [3.05, 3.63) is 47.4 Å². The van der Waals surface area contributed by atoms with Crippen molar-refractivity contribution in [2.75, 3.05) is 38.7 Å². The SMILES string of the molecule is CN(C)C(=O)CN1Cc2c(F)cc(N3CC[C@@H](Oc4ccc(OCC5CCC5)nc4)C3=O)cc2C1=O. The van der Waals surface area contributed by atoms with E-state index in [4.69, 9.17) is 9.47 Å². The second-order valence-electron chi connectivity index (χ2n) is 9.73. The lowest BCUT2D eigenvalue weighted by atomic mass is 9.86. The Kier molecular flexibility index (Phi) is 6.51. The van der Waals surface area contributed by atoms with E-state index < -0.39 is 17.8 Å². The van der Waals surface area contributed by atoms with Crippen LogP contribution in [0.4, 0.5) is 10.1 Å². The number of carbonyl (C=O) groups excluding carboxylic acids is 3. The number of likely N-dealkylation sites (N-methyl/N-ethyl adjacent to an activating group) is 1. The highest BCUT2D eigenvalue weighted by atomic mass is 19.1. The number of carbonyl (C=O) groups is 3. The quantitative estimate of drug-likeness (QED) is 0.558. The van der Waals surface area contributed by atoms with Crippen molar-refractivity contribution in [3.63, 3.8) is 0 Å². The summed E-state index contributed by atoms with van der Waals surface area (Å²) in [6.45, 7) is 0.876. The Bertz CT molecular complexity index is 1180. The smallest absolute Gasteiger partial charge is 0.268 e. The van der Waals surface area contributed by atoms with Gasteiger partial charge in [0.25, 0.3) is 11.8 Å². The molecule has 1 atom stereocenters. The van der Waals surface area contributed by atoms with Crippen LogP contribution in [0.2, 0.25) is 0 Å². The number of nitrogens with zero attached hydrogens (tertiary/aromatic N) is 4. The summed E-state index contributed by atoms with van der Waals surface area (Å²) in [4.78, 5) is 46.3. The molecule has 3 aliphatic rings. The maximum absolute atomic E-state index is 14.9. The van der Waals surface area contributed by atoms with Gasteiger partial charge >= 0.3 is 0 Å². The van der Waals surface area contributed by atoms with Gasteiger partial charge in [0.05, 0.1) is 19.3 Å². The fraction of sp³-hybridized carbons (Fsp3) is 0.462. The summed E-state index contributed by atoms with van der Waals surface area (Å²) in [5.41, 5.74) is 0.713. The molecule has 5 rings (SSSR count). The molecule has 10 heteroatoms. The molecule has 0 N–H and O–H groups in total.